The summed E-state index contributed by atoms with van der Waals surface area (Å²) in [5.74, 6) is 1.26. The highest BCUT2D eigenvalue weighted by molar-refractivity contribution is 6.16. The summed E-state index contributed by atoms with van der Waals surface area (Å²) in [5.41, 5.74) is 3.03. The van der Waals surface area contributed by atoms with Crippen LogP contribution in [0.4, 0.5) is 0 Å². The molecule has 0 spiro atoms. The summed E-state index contributed by atoms with van der Waals surface area (Å²) in [6.45, 7) is 2.14. The van der Waals surface area contributed by atoms with Crippen molar-refractivity contribution in [3.05, 3.63) is 11.5 Å². The highest BCUT2D eigenvalue weighted by Gasteiger charge is 2.19. The smallest absolute Gasteiger partial charge is 0.177 e. The van der Waals surface area contributed by atoms with Crippen LogP contribution < -0.4 is 5.01 Å². The van der Waals surface area contributed by atoms with Crippen LogP contribution in [0.2, 0.25) is 0 Å². The van der Waals surface area contributed by atoms with Gasteiger partial charge in [0.15, 0.2) is 5.65 Å². The molecule has 0 aliphatic heterocycles. The van der Waals surface area contributed by atoms with Crippen molar-refractivity contribution < 1.29 is 0 Å². The number of nitrogens with zero attached hydrogens (tertiary/aromatic N) is 5. The minimum atomic E-state index is 0.401. The topological polar surface area (TPSA) is 38.9 Å². The van der Waals surface area contributed by atoms with Crippen molar-refractivity contribution in [3.8, 4) is 0 Å². The predicted octanol–water partition coefficient (Wildman–Crippen LogP) is 1.66. The van der Waals surface area contributed by atoms with Gasteiger partial charge in [-0.15, -0.1) is 11.6 Å². The van der Waals surface area contributed by atoms with E-state index in [1.807, 2.05) is 35.5 Å². The van der Waals surface area contributed by atoms with Crippen LogP contribution in [-0.2, 0) is 19.3 Å². The van der Waals surface area contributed by atoms with Crippen molar-refractivity contribution in [2.45, 2.75) is 25.6 Å². The van der Waals surface area contributed by atoms with E-state index in [9.17, 15) is 0 Å². The quantitative estimate of drug-likeness (QED) is 0.780. The predicted molar refractivity (Wildman–Crippen MR) is 70.1 cm³/mol. The molecule has 2 rings (SSSR count). The van der Waals surface area contributed by atoms with Crippen molar-refractivity contribution in [1.82, 2.24) is 19.4 Å². The van der Waals surface area contributed by atoms with Crippen molar-refractivity contribution in [2.24, 2.45) is 7.05 Å². The zero-order chi connectivity index (χ0) is 12.6. The highest BCUT2D eigenvalue weighted by atomic mass is 35.5. The highest BCUT2D eigenvalue weighted by Crippen LogP contribution is 2.21. The van der Waals surface area contributed by atoms with E-state index in [1.54, 1.807) is 0 Å². The fourth-order valence-corrected chi connectivity index (χ4v) is 2.29. The molecule has 2 heterocycles. The second kappa shape index (κ2) is 4.56. The Morgan fingerprint density at radius 2 is 2.06 bits per heavy atom. The van der Waals surface area contributed by atoms with E-state index < -0.39 is 0 Å². The first-order valence-electron chi connectivity index (χ1n) is 5.76. The largest absolute Gasteiger partial charge is 0.316 e. The Balaban J connectivity index is 2.70. The Morgan fingerprint density at radius 3 is 2.59 bits per heavy atom. The molecule has 0 aromatic carbocycles. The van der Waals surface area contributed by atoms with Gasteiger partial charge in [0.2, 0.25) is 0 Å². The lowest BCUT2D eigenvalue weighted by molar-refractivity contribution is 0.666. The Labute approximate surface area is 106 Å². The van der Waals surface area contributed by atoms with Crippen LogP contribution >= 0.6 is 11.6 Å². The van der Waals surface area contributed by atoms with Gasteiger partial charge in [-0.1, -0.05) is 13.3 Å². The maximum atomic E-state index is 5.95. The van der Waals surface area contributed by atoms with Crippen molar-refractivity contribution >= 4 is 22.8 Å². The van der Waals surface area contributed by atoms with E-state index in [1.165, 1.54) is 0 Å². The zero-order valence-corrected chi connectivity index (χ0v) is 11.5. The molecular formula is C11H18ClN5. The number of rotatable bonds is 4. The van der Waals surface area contributed by atoms with Gasteiger partial charge in [-0.2, -0.15) is 5.10 Å². The third-order valence-electron chi connectivity index (χ3n) is 2.75. The number of hydrogen-bond donors (Lipinski definition) is 0. The lowest BCUT2D eigenvalue weighted by Gasteiger charge is -2.17. The summed E-state index contributed by atoms with van der Waals surface area (Å²) in [6.07, 6.45) is 2.01. The molecule has 5 nitrogen and oxygen atoms in total. The van der Waals surface area contributed by atoms with Gasteiger partial charge in [-0.25, -0.2) is 14.3 Å². The monoisotopic (exact) mass is 255 g/mol. The van der Waals surface area contributed by atoms with E-state index in [0.717, 1.165) is 35.5 Å². The van der Waals surface area contributed by atoms with Gasteiger partial charge in [0, 0.05) is 21.1 Å². The number of alkyl halides is 1. The molecule has 0 N–H and O–H groups in total. The average Bonchev–Trinajstić information content (AvgIpc) is 2.78. The van der Waals surface area contributed by atoms with E-state index in [2.05, 4.69) is 17.0 Å². The summed E-state index contributed by atoms with van der Waals surface area (Å²) >= 11 is 5.95. The average molecular weight is 256 g/mol. The van der Waals surface area contributed by atoms with Gasteiger partial charge in [-0.05, 0) is 6.42 Å². The SMILES string of the molecule is CCCc1nn(C)c2c1nc(CCl)n2N(C)C. The standard InChI is InChI=1S/C11H18ClN5/c1-5-6-8-10-11(16(4)14-8)17(15(2)3)9(7-12)13-10/h5-7H2,1-4H3. The van der Waals surface area contributed by atoms with Gasteiger partial charge in [0.25, 0.3) is 0 Å². The molecule has 0 saturated heterocycles. The molecule has 2 aromatic rings. The van der Waals surface area contributed by atoms with Crippen molar-refractivity contribution in [1.29, 1.82) is 0 Å². The zero-order valence-electron chi connectivity index (χ0n) is 10.7. The van der Waals surface area contributed by atoms with E-state index in [4.69, 9.17) is 11.6 Å². The molecule has 2 aromatic heterocycles. The van der Waals surface area contributed by atoms with E-state index in [0.29, 0.717) is 5.88 Å². The molecule has 6 heteroatoms. The first kappa shape index (κ1) is 12.2. The second-order valence-electron chi connectivity index (χ2n) is 4.31. The molecule has 17 heavy (non-hydrogen) atoms. The van der Waals surface area contributed by atoms with E-state index in [-0.39, 0.29) is 0 Å². The van der Waals surface area contributed by atoms with Crippen LogP contribution in [0.25, 0.3) is 11.2 Å². The Bertz CT molecular complexity index is 525. The number of halogens is 1. The molecule has 0 fully saturated rings. The van der Waals surface area contributed by atoms with Gasteiger partial charge in [0.1, 0.15) is 11.3 Å². The lowest BCUT2D eigenvalue weighted by atomic mass is 10.2. The third-order valence-corrected chi connectivity index (χ3v) is 2.99. The van der Waals surface area contributed by atoms with E-state index >= 15 is 0 Å². The van der Waals surface area contributed by atoms with Crippen molar-refractivity contribution in [2.75, 3.05) is 19.1 Å². The van der Waals surface area contributed by atoms with Gasteiger partial charge >= 0.3 is 0 Å². The summed E-state index contributed by atoms with van der Waals surface area (Å²) in [7, 11) is 5.90. The fourth-order valence-electron chi connectivity index (χ4n) is 2.12. The fraction of sp³-hybridized carbons (Fsp3) is 0.636. The summed E-state index contributed by atoms with van der Waals surface area (Å²) in [5, 5.41) is 6.50. The van der Waals surface area contributed by atoms with Gasteiger partial charge < -0.3 is 5.01 Å². The molecule has 0 aliphatic carbocycles. The van der Waals surface area contributed by atoms with Gasteiger partial charge in [-0.3, -0.25) is 0 Å². The number of aromatic nitrogens is 4. The minimum absolute atomic E-state index is 0.401. The Hall–Kier alpha value is -1.23. The molecule has 0 radical (unpaired) electrons. The summed E-state index contributed by atoms with van der Waals surface area (Å²) in [4.78, 5) is 4.60. The summed E-state index contributed by atoms with van der Waals surface area (Å²) in [6, 6.07) is 0. The number of hydrogen-bond acceptors (Lipinski definition) is 3. The van der Waals surface area contributed by atoms with Crippen LogP contribution in [0.3, 0.4) is 0 Å². The van der Waals surface area contributed by atoms with Crippen LogP contribution in [0, 0.1) is 0 Å². The maximum absolute atomic E-state index is 5.95. The lowest BCUT2D eigenvalue weighted by Crippen LogP contribution is -2.27. The molecule has 0 aliphatic rings. The maximum Gasteiger partial charge on any atom is 0.177 e. The number of fused-ring (bicyclic) bond motifs is 1. The molecule has 0 atom stereocenters. The summed E-state index contributed by atoms with van der Waals surface area (Å²) < 4.78 is 3.89. The first-order chi connectivity index (χ1) is 8.10. The molecule has 0 amide bonds. The van der Waals surface area contributed by atoms with Crippen LogP contribution in [0.5, 0.6) is 0 Å². The van der Waals surface area contributed by atoms with Crippen LogP contribution in [-0.4, -0.2) is 33.5 Å². The van der Waals surface area contributed by atoms with Crippen molar-refractivity contribution in [3.63, 3.8) is 0 Å². The second-order valence-corrected chi connectivity index (χ2v) is 4.58. The molecule has 0 unspecified atom stereocenters. The molecular weight excluding hydrogens is 238 g/mol. The third kappa shape index (κ3) is 1.88. The molecule has 94 valence electrons. The molecule has 0 saturated carbocycles. The normalized spacial score (nSPS) is 11.4. The Morgan fingerprint density at radius 1 is 1.35 bits per heavy atom. The van der Waals surface area contributed by atoms with Crippen LogP contribution in [0.1, 0.15) is 24.9 Å². The Kier molecular flexibility index (Phi) is 3.28. The van der Waals surface area contributed by atoms with Crippen LogP contribution in [0.15, 0.2) is 0 Å². The number of imidazole rings is 1. The minimum Gasteiger partial charge on any atom is -0.316 e. The molecule has 0 bridgehead atoms. The first-order valence-corrected chi connectivity index (χ1v) is 6.30. The van der Waals surface area contributed by atoms with Gasteiger partial charge in [0.05, 0.1) is 11.6 Å². The number of aryl methyl sites for hydroxylation is 2.